The van der Waals surface area contributed by atoms with E-state index in [1.165, 1.54) is 0 Å². The third-order valence-corrected chi connectivity index (χ3v) is 3.93. The van der Waals surface area contributed by atoms with Crippen LogP contribution in [-0.2, 0) is 0 Å². The molecule has 0 saturated carbocycles. The molecule has 2 aromatic heterocycles. The molecule has 0 atom stereocenters. The monoisotopic (exact) mass is 384 g/mol. The minimum Gasteiger partial charge on any atom is -0.347 e. The highest BCUT2D eigenvalue weighted by molar-refractivity contribution is 6.30. The van der Waals surface area contributed by atoms with Crippen LogP contribution < -0.4 is 10.3 Å². The van der Waals surface area contributed by atoms with Crippen molar-refractivity contribution in [3.05, 3.63) is 52.8 Å². The minimum atomic E-state index is -0.342. The van der Waals surface area contributed by atoms with E-state index < -0.39 is 0 Å². The zero-order chi connectivity index (χ0) is 19.6. The molecule has 1 aromatic carbocycles. The maximum absolute atomic E-state index is 12.5. The number of carbonyl (C=O) groups is 1. The largest absolute Gasteiger partial charge is 0.347 e. The first kappa shape index (κ1) is 18.8. The molecule has 0 fully saturated rings. The molecule has 1 amide bonds. The highest BCUT2D eigenvalue weighted by Gasteiger charge is 2.20. The van der Waals surface area contributed by atoms with Gasteiger partial charge in [-0.1, -0.05) is 23.7 Å². The average Bonchev–Trinajstić information content (AvgIpc) is 3.03. The molecule has 0 spiro atoms. The Balaban J connectivity index is 1.85. The van der Waals surface area contributed by atoms with Crippen LogP contribution in [0.15, 0.2) is 41.8 Å². The summed E-state index contributed by atoms with van der Waals surface area (Å²) in [6.45, 7) is 5.78. The first-order valence-electron chi connectivity index (χ1n) is 8.43. The lowest BCUT2D eigenvalue weighted by Gasteiger charge is -2.20. The fraction of sp³-hybridized carbons (Fsp3) is 0.263. The highest BCUT2D eigenvalue weighted by Crippen LogP contribution is 2.19. The third kappa shape index (κ3) is 4.62. The number of benzene rings is 1. The molecule has 0 radical (unpaired) electrons. The van der Waals surface area contributed by atoms with E-state index in [2.05, 4.69) is 25.4 Å². The van der Waals surface area contributed by atoms with E-state index in [1.54, 1.807) is 42.8 Å². The molecule has 3 rings (SSSR count). The summed E-state index contributed by atoms with van der Waals surface area (Å²) in [5.41, 5.74) is 2.07. The number of nitrogens with zero attached hydrogens (tertiary/aromatic N) is 4. The number of rotatable bonds is 4. The third-order valence-electron chi connectivity index (χ3n) is 3.68. The zero-order valence-corrected chi connectivity index (χ0v) is 16.4. The predicted octanol–water partition coefficient (Wildman–Crippen LogP) is 3.61. The average molecular weight is 385 g/mol. The van der Waals surface area contributed by atoms with Gasteiger partial charge >= 0.3 is 0 Å². The number of aromatic nitrogens is 3. The van der Waals surface area contributed by atoms with Crippen molar-refractivity contribution in [2.75, 3.05) is 12.1 Å². The van der Waals surface area contributed by atoms with Crippen LogP contribution >= 0.6 is 11.6 Å². The Hall–Kier alpha value is -2.93. The fourth-order valence-electron chi connectivity index (χ4n) is 2.38. The summed E-state index contributed by atoms with van der Waals surface area (Å²) >= 11 is 5.89. The molecule has 0 aliphatic carbocycles. The van der Waals surface area contributed by atoms with Crippen LogP contribution in [0.25, 0.3) is 11.2 Å². The lowest BCUT2D eigenvalue weighted by molar-refractivity contribution is 0.0921. The number of anilines is 1. The Bertz CT molecular complexity index is 988. The van der Waals surface area contributed by atoms with Crippen molar-refractivity contribution in [2.24, 2.45) is 5.10 Å². The van der Waals surface area contributed by atoms with Crippen molar-refractivity contribution in [1.29, 1.82) is 0 Å². The maximum atomic E-state index is 12.5. The van der Waals surface area contributed by atoms with E-state index in [0.29, 0.717) is 27.6 Å². The number of amides is 1. The first-order valence-corrected chi connectivity index (χ1v) is 8.81. The summed E-state index contributed by atoms with van der Waals surface area (Å²) in [7, 11) is 1.77. The molecule has 0 saturated heterocycles. The van der Waals surface area contributed by atoms with Crippen LogP contribution in [0, 0.1) is 0 Å². The molecule has 3 aromatic rings. The standard InChI is InChI=1S/C19H21ClN6O/c1-19(2,3)25-18(27)14-10-21-17-16(14)24-15(11-22-17)26(4)23-9-12-5-7-13(20)8-6-12/h5-11H,1-4H3,(H,21,22)(H,25,27)/b23-9-. The van der Waals surface area contributed by atoms with Crippen LogP contribution in [0.1, 0.15) is 36.7 Å². The molecule has 2 heterocycles. The SMILES string of the molecule is CN(/N=C\c1ccc(Cl)cc1)c1cnc2[nH]cc(C(=O)NC(C)(C)C)c2n1. The Labute approximate surface area is 162 Å². The second-order valence-electron chi connectivity index (χ2n) is 7.15. The number of aromatic amines is 1. The van der Waals surface area contributed by atoms with Gasteiger partial charge in [-0.15, -0.1) is 0 Å². The lowest BCUT2D eigenvalue weighted by atomic mass is 10.1. The molecule has 0 bridgehead atoms. The van der Waals surface area contributed by atoms with Gasteiger partial charge in [0, 0.05) is 23.8 Å². The lowest BCUT2D eigenvalue weighted by Crippen LogP contribution is -2.40. The number of hydrogen-bond donors (Lipinski definition) is 2. The summed E-state index contributed by atoms with van der Waals surface area (Å²) < 4.78 is 0. The normalized spacial score (nSPS) is 11.9. The number of nitrogens with one attached hydrogen (secondary N) is 2. The molecule has 0 unspecified atom stereocenters. The van der Waals surface area contributed by atoms with E-state index in [9.17, 15) is 4.79 Å². The topological polar surface area (TPSA) is 86.3 Å². The van der Waals surface area contributed by atoms with Crippen LogP contribution in [-0.4, -0.2) is 39.7 Å². The number of hydrazone groups is 1. The van der Waals surface area contributed by atoms with Crippen LogP contribution in [0.5, 0.6) is 0 Å². The summed E-state index contributed by atoms with van der Waals surface area (Å²) in [6, 6.07) is 7.34. The molecule has 27 heavy (non-hydrogen) atoms. The van der Waals surface area contributed by atoms with E-state index in [4.69, 9.17) is 11.6 Å². The van der Waals surface area contributed by atoms with Gasteiger partial charge in [0.2, 0.25) is 0 Å². The van der Waals surface area contributed by atoms with Gasteiger partial charge in [0.25, 0.3) is 5.91 Å². The summed E-state index contributed by atoms with van der Waals surface area (Å²) in [6.07, 6.45) is 4.92. The van der Waals surface area contributed by atoms with Gasteiger partial charge in [-0.05, 0) is 38.5 Å². The van der Waals surface area contributed by atoms with Gasteiger partial charge in [0.1, 0.15) is 5.52 Å². The van der Waals surface area contributed by atoms with E-state index >= 15 is 0 Å². The number of hydrogen-bond acceptors (Lipinski definition) is 5. The van der Waals surface area contributed by atoms with E-state index in [1.807, 2.05) is 32.9 Å². The van der Waals surface area contributed by atoms with Gasteiger partial charge < -0.3 is 10.3 Å². The second-order valence-corrected chi connectivity index (χ2v) is 7.59. The van der Waals surface area contributed by atoms with Gasteiger partial charge in [-0.3, -0.25) is 4.79 Å². The van der Waals surface area contributed by atoms with Crippen LogP contribution in [0.3, 0.4) is 0 Å². The number of H-pyrrole nitrogens is 1. The number of fused-ring (bicyclic) bond motifs is 1. The molecular formula is C19H21ClN6O. The van der Waals surface area contributed by atoms with Crippen LogP contribution in [0.2, 0.25) is 5.02 Å². The van der Waals surface area contributed by atoms with E-state index in [0.717, 1.165) is 5.56 Å². The molecule has 0 aliphatic rings. The van der Waals surface area contributed by atoms with Crippen molar-refractivity contribution < 1.29 is 4.79 Å². The Morgan fingerprint density at radius 1 is 1.30 bits per heavy atom. The Kier molecular flexibility index (Phi) is 5.14. The number of carbonyl (C=O) groups excluding carboxylic acids is 1. The molecule has 2 N–H and O–H groups in total. The molecule has 7 nitrogen and oxygen atoms in total. The second kappa shape index (κ2) is 7.36. The van der Waals surface area contributed by atoms with Crippen molar-refractivity contribution >= 4 is 40.7 Å². The minimum absolute atomic E-state index is 0.201. The van der Waals surface area contributed by atoms with Gasteiger partial charge in [0.05, 0.1) is 18.0 Å². The smallest absolute Gasteiger partial charge is 0.255 e. The molecule has 8 heteroatoms. The highest BCUT2D eigenvalue weighted by atomic mass is 35.5. The van der Waals surface area contributed by atoms with Gasteiger partial charge in [0.15, 0.2) is 11.5 Å². The number of halogens is 1. The van der Waals surface area contributed by atoms with Gasteiger partial charge in [-0.2, -0.15) is 5.10 Å². The predicted molar refractivity (Wildman–Crippen MR) is 109 cm³/mol. The van der Waals surface area contributed by atoms with Gasteiger partial charge in [-0.25, -0.2) is 15.0 Å². The Morgan fingerprint density at radius 3 is 2.67 bits per heavy atom. The van der Waals surface area contributed by atoms with Crippen molar-refractivity contribution in [3.63, 3.8) is 0 Å². The van der Waals surface area contributed by atoms with Crippen LogP contribution in [0.4, 0.5) is 5.82 Å². The fourth-order valence-corrected chi connectivity index (χ4v) is 2.51. The first-order chi connectivity index (χ1) is 12.7. The summed E-state index contributed by atoms with van der Waals surface area (Å²) in [5, 5.41) is 9.57. The quantitative estimate of drug-likeness (QED) is 0.531. The van der Waals surface area contributed by atoms with Crippen molar-refractivity contribution in [1.82, 2.24) is 20.3 Å². The molecular weight excluding hydrogens is 364 g/mol. The Morgan fingerprint density at radius 2 is 2.00 bits per heavy atom. The zero-order valence-electron chi connectivity index (χ0n) is 15.6. The van der Waals surface area contributed by atoms with E-state index in [-0.39, 0.29) is 11.4 Å². The maximum Gasteiger partial charge on any atom is 0.255 e. The molecule has 0 aliphatic heterocycles. The molecule has 140 valence electrons. The van der Waals surface area contributed by atoms with Crippen molar-refractivity contribution in [3.8, 4) is 0 Å². The summed E-state index contributed by atoms with van der Waals surface area (Å²) in [4.78, 5) is 24.4. The summed E-state index contributed by atoms with van der Waals surface area (Å²) in [5.74, 6) is 0.324. The van der Waals surface area contributed by atoms with Crippen molar-refractivity contribution in [2.45, 2.75) is 26.3 Å².